The molecule has 0 spiro atoms. The van der Waals surface area contributed by atoms with Crippen LogP contribution in [-0.2, 0) is 13.1 Å². The van der Waals surface area contributed by atoms with Gasteiger partial charge in [-0.1, -0.05) is 60.7 Å². The van der Waals surface area contributed by atoms with E-state index in [4.69, 9.17) is 0 Å². The summed E-state index contributed by atoms with van der Waals surface area (Å²) in [5.74, 6) is 0. The van der Waals surface area contributed by atoms with Crippen molar-refractivity contribution in [3.8, 4) is 0 Å². The van der Waals surface area contributed by atoms with Gasteiger partial charge >= 0.3 is 0 Å². The van der Waals surface area contributed by atoms with Gasteiger partial charge in [-0.05, 0) is 30.9 Å². The molecule has 0 heterocycles. The van der Waals surface area contributed by atoms with Gasteiger partial charge in [0.05, 0.1) is 5.60 Å². The van der Waals surface area contributed by atoms with E-state index in [1.165, 1.54) is 11.1 Å². The van der Waals surface area contributed by atoms with Gasteiger partial charge in [-0.25, -0.2) is 0 Å². The largest absolute Gasteiger partial charge is 0.388 e. The van der Waals surface area contributed by atoms with Crippen LogP contribution in [0.1, 0.15) is 30.9 Å². The van der Waals surface area contributed by atoms with E-state index in [1.807, 2.05) is 12.1 Å². The Morgan fingerprint density at radius 1 is 0.905 bits per heavy atom. The molecule has 1 fully saturated rings. The molecule has 21 heavy (non-hydrogen) atoms. The van der Waals surface area contributed by atoms with Gasteiger partial charge in [-0.15, -0.1) is 0 Å². The highest BCUT2D eigenvalue weighted by atomic mass is 16.3. The van der Waals surface area contributed by atoms with Crippen LogP contribution in [0.3, 0.4) is 0 Å². The van der Waals surface area contributed by atoms with Gasteiger partial charge < -0.3 is 5.11 Å². The first-order valence-corrected chi connectivity index (χ1v) is 7.72. The number of rotatable bonds is 6. The Bertz CT molecular complexity index is 521. The van der Waals surface area contributed by atoms with Crippen LogP contribution in [0, 0.1) is 0 Å². The van der Waals surface area contributed by atoms with Crippen LogP contribution in [-0.4, -0.2) is 21.6 Å². The number of benzene rings is 2. The van der Waals surface area contributed by atoms with E-state index in [9.17, 15) is 5.11 Å². The minimum Gasteiger partial charge on any atom is -0.388 e. The monoisotopic (exact) mass is 281 g/mol. The van der Waals surface area contributed by atoms with Gasteiger partial charge in [0.2, 0.25) is 0 Å². The molecule has 0 saturated heterocycles. The van der Waals surface area contributed by atoms with Crippen molar-refractivity contribution in [3.05, 3.63) is 71.8 Å². The van der Waals surface area contributed by atoms with Crippen molar-refractivity contribution < 1.29 is 5.11 Å². The Hall–Kier alpha value is -1.64. The average molecular weight is 281 g/mol. The SMILES string of the molecule is C[C@H](N(Cc1ccccc1)Cc1ccccc1)C1(O)CC1. The molecule has 0 radical (unpaired) electrons. The standard InChI is InChI=1S/C19H23NO/c1-16(19(21)12-13-19)20(14-17-8-4-2-5-9-17)15-18-10-6-3-7-11-18/h2-11,16,21H,12-15H2,1H3/t16-/m0/s1. The fraction of sp³-hybridized carbons (Fsp3) is 0.368. The third-order valence-corrected chi connectivity index (χ3v) is 4.54. The molecule has 2 nitrogen and oxygen atoms in total. The first-order valence-electron chi connectivity index (χ1n) is 7.72. The summed E-state index contributed by atoms with van der Waals surface area (Å²) in [5.41, 5.74) is 2.11. The van der Waals surface area contributed by atoms with E-state index in [0.717, 1.165) is 25.9 Å². The van der Waals surface area contributed by atoms with Crippen molar-refractivity contribution >= 4 is 0 Å². The predicted octanol–water partition coefficient (Wildman–Crippen LogP) is 3.60. The van der Waals surface area contributed by atoms with E-state index < -0.39 is 5.60 Å². The molecule has 0 unspecified atom stereocenters. The first kappa shape index (κ1) is 14.3. The summed E-state index contributed by atoms with van der Waals surface area (Å²) in [5, 5.41) is 10.5. The highest BCUT2D eigenvalue weighted by Gasteiger charge is 2.47. The molecular formula is C19H23NO. The summed E-state index contributed by atoms with van der Waals surface area (Å²) in [6.07, 6.45) is 1.85. The first-order chi connectivity index (χ1) is 10.2. The third kappa shape index (κ3) is 3.52. The van der Waals surface area contributed by atoms with Crippen molar-refractivity contribution in [3.63, 3.8) is 0 Å². The quantitative estimate of drug-likeness (QED) is 0.874. The maximum Gasteiger partial charge on any atom is 0.0801 e. The van der Waals surface area contributed by atoms with Gasteiger partial charge in [0.25, 0.3) is 0 Å². The molecule has 2 aromatic carbocycles. The molecule has 2 heteroatoms. The molecule has 0 aliphatic heterocycles. The number of hydrogen-bond donors (Lipinski definition) is 1. The molecule has 2 aromatic rings. The molecule has 3 rings (SSSR count). The molecule has 0 amide bonds. The summed E-state index contributed by atoms with van der Waals surface area (Å²) >= 11 is 0. The summed E-state index contributed by atoms with van der Waals surface area (Å²) in [7, 11) is 0. The van der Waals surface area contributed by atoms with E-state index in [2.05, 4.69) is 60.4 Å². The van der Waals surface area contributed by atoms with E-state index in [0.29, 0.717) is 0 Å². The lowest BCUT2D eigenvalue weighted by atomic mass is 10.1. The van der Waals surface area contributed by atoms with E-state index >= 15 is 0 Å². The maximum absolute atomic E-state index is 10.5. The zero-order valence-corrected chi connectivity index (χ0v) is 12.6. The molecule has 0 aromatic heterocycles. The molecule has 0 bridgehead atoms. The summed E-state index contributed by atoms with van der Waals surface area (Å²) in [6.45, 7) is 3.90. The van der Waals surface area contributed by atoms with Crippen molar-refractivity contribution in [1.29, 1.82) is 0 Å². The lowest BCUT2D eigenvalue weighted by molar-refractivity contribution is 0.0299. The molecule has 1 N–H and O–H groups in total. The Balaban J connectivity index is 1.77. The van der Waals surface area contributed by atoms with Crippen LogP contribution in [0.15, 0.2) is 60.7 Å². The minimum atomic E-state index is -0.483. The van der Waals surface area contributed by atoms with Crippen molar-refractivity contribution in [2.45, 2.75) is 44.5 Å². The highest BCUT2D eigenvalue weighted by molar-refractivity contribution is 5.18. The summed E-state index contributed by atoms with van der Waals surface area (Å²) in [4.78, 5) is 2.39. The van der Waals surface area contributed by atoms with Gasteiger partial charge in [0, 0.05) is 19.1 Å². The molecule has 1 saturated carbocycles. The third-order valence-electron chi connectivity index (χ3n) is 4.54. The van der Waals surface area contributed by atoms with Crippen LogP contribution in [0.25, 0.3) is 0 Å². The van der Waals surface area contributed by atoms with Crippen molar-refractivity contribution in [1.82, 2.24) is 4.90 Å². The maximum atomic E-state index is 10.5. The van der Waals surface area contributed by atoms with Crippen LogP contribution < -0.4 is 0 Å². The molecular weight excluding hydrogens is 258 g/mol. The Kier molecular flexibility index (Phi) is 4.09. The van der Waals surface area contributed by atoms with Crippen LogP contribution >= 0.6 is 0 Å². The molecule has 1 atom stereocenters. The van der Waals surface area contributed by atoms with Crippen molar-refractivity contribution in [2.75, 3.05) is 0 Å². The normalized spacial score (nSPS) is 17.7. The predicted molar refractivity (Wildman–Crippen MR) is 85.8 cm³/mol. The second kappa shape index (κ2) is 6.00. The van der Waals surface area contributed by atoms with Crippen molar-refractivity contribution in [2.24, 2.45) is 0 Å². The average Bonchev–Trinajstić information content (AvgIpc) is 3.27. The fourth-order valence-corrected chi connectivity index (χ4v) is 2.85. The second-order valence-corrected chi connectivity index (χ2v) is 6.16. The minimum absolute atomic E-state index is 0.179. The number of nitrogens with zero attached hydrogens (tertiary/aromatic N) is 1. The molecule has 110 valence electrons. The van der Waals surface area contributed by atoms with Gasteiger partial charge in [0.1, 0.15) is 0 Å². The smallest absolute Gasteiger partial charge is 0.0801 e. The fourth-order valence-electron chi connectivity index (χ4n) is 2.85. The number of aliphatic hydroxyl groups is 1. The lowest BCUT2D eigenvalue weighted by Gasteiger charge is -2.33. The topological polar surface area (TPSA) is 23.5 Å². The van der Waals surface area contributed by atoms with E-state index in [1.54, 1.807) is 0 Å². The van der Waals surface area contributed by atoms with Crippen LogP contribution in [0.4, 0.5) is 0 Å². The summed E-state index contributed by atoms with van der Waals surface area (Å²) in [6, 6.07) is 21.2. The highest BCUT2D eigenvalue weighted by Crippen LogP contribution is 2.41. The van der Waals surface area contributed by atoms with Crippen LogP contribution in [0.5, 0.6) is 0 Å². The molecule has 1 aliphatic carbocycles. The Morgan fingerprint density at radius 3 is 1.71 bits per heavy atom. The summed E-state index contributed by atoms with van der Waals surface area (Å²) < 4.78 is 0. The van der Waals surface area contributed by atoms with Gasteiger partial charge in [-0.3, -0.25) is 4.90 Å². The van der Waals surface area contributed by atoms with Gasteiger partial charge in [0.15, 0.2) is 0 Å². The lowest BCUT2D eigenvalue weighted by Crippen LogP contribution is -2.42. The number of hydrogen-bond acceptors (Lipinski definition) is 2. The van der Waals surface area contributed by atoms with E-state index in [-0.39, 0.29) is 6.04 Å². The Labute approximate surface area is 127 Å². The molecule has 1 aliphatic rings. The van der Waals surface area contributed by atoms with Crippen LogP contribution in [0.2, 0.25) is 0 Å². The second-order valence-electron chi connectivity index (χ2n) is 6.16. The zero-order valence-electron chi connectivity index (χ0n) is 12.6. The zero-order chi connectivity index (χ0) is 14.7. The Morgan fingerprint density at radius 2 is 1.33 bits per heavy atom. The van der Waals surface area contributed by atoms with Gasteiger partial charge in [-0.2, -0.15) is 0 Å².